The van der Waals surface area contributed by atoms with Crippen molar-refractivity contribution in [1.82, 2.24) is 4.98 Å². The summed E-state index contributed by atoms with van der Waals surface area (Å²) in [6.07, 6.45) is 3.06. The van der Waals surface area contributed by atoms with E-state index in [-0.39, 0.29) is 36.1 Å². The summed E-state index contributed by atoms with van der Waals surface area (Å²) in [7, 11) is -3.45. The maximum Gasteiger partial charge on any atom is 0.217 e. The lowest BCUT2D eigenvalue weighted by Gasteiger charge is -2.05. The smallest absolute Gasteiger partial charge is 0.217 e. The summed E-state index contributed by atoms with van der Waals surface area (Å²) in [6, 6.07) is 3.22. The Bertz CT molecular complexity index is 528. The number of nitrogens with zero attached hydrogens (tertiary/aromatic N) is 1. The zero-order valence-electron chi connectivity index (χ0n) is 10.6. The van der Waals surface area contributed by atoms with Gasteiger partial charge in [0.1, 0.15) is 0 Å². The number of pyridine rings is 1. The molecule has 0 radical (unpaired) electrons. The van der Waals surface area contributed by atoms with Gasteiger partial charge in [-0.2, -0.15) is 0 Å². The number of aryl methyl sites for hydroxylation is 1. The minimum atomic E-state index is -3.45. The molecule has 0 bridgehead atoms. The third-order valence-electron chi connectivity index (χ3n) is 2.58. The molecular weight excluding hydrogens is 268 g/mol. The number of carbonyl (C=O) groups is 1. The zero-order valence-corrected chi connectivity index (χ0v) is 11.4. The lowest BCUT2D eigenvalue weighted by molar-refractivity contribution is -0.118. The summed E-state index contributed by atoms with van der Waals surface area (Å²) in [5.41, 5.74) is 5.84. The van der Waals surface area contributed by atoms with E-state index in [0.717, 1.165) is 5.56 Å². The fourth-order valence-corrected chi connectivity index (χ4v) is 2.87. The number of aliphatic hydroxyl groups excluding tert-OH is 1. The first kappa shape index (κ1) is 15.6. The second-order valence-corrected chi connectivity index (χ2v) is 6.27. The molecule has 0 saturated heterocycles. The van der Waals surface area contributed by atoms with Crippen LogP contribution in [0.4, 0.5) is 0 Å². The Morgan fingerprint density at radius 3 is 2.74 bits per heavy atom. The van der Waals surface area contributed by atoms with Crippen LogP contribution in [0.25, 0.3) is 0 Å². The molecule has 1 rings (SSSR count). The van der Waals surface area contributed by atoms with Crippen molar-refractivity contribution in [1.29, 1.82) is 0 Å². The Balaban J connectivity index is 2.73. The minimum absolute atomic E-state index is 0.0116. The van der Waals surface area contributed by atoms with Crippen LogP contribution in [0.1, 0.15) is 24.8 Å². The van der Waals surface area contributed by atoms with Gasteiger partial charge in [-0.1, -0.05) is 0 Å². The van der Waals surface area contributed by atoms with Crippen LogP contribution in [0, 0.1) is 0 Å². The predicted octanol–water partition coefficient (Wildman–Crippen LogP) is 0.0457. The molecule has 1 aromatic rings. The van der Waals surface area contributed by atoms with Crippen molar-refractivity contribution in [2.45, 2.75) is 30.7 Å². The first-order chi connectivity index (χ1) is 8.95. The molecule has 0 unspecified atom stereocenters. The highest BCUT2D eigenvalue weighted by atomic mass is 32.2. The van der Waals surface area contributed by atoms with Gasteiger partial charge in [0.2, 0.25) is 5.91 Å². The van der Waals surface area contributed by atoms with Crippen LogP contribution >= 0.6 is 0 Å². The van der Waals surface area contributed by atoms with Crippen molar-refractivity contribution < 1.29 is 18.3 Å². The van der Waals surface area contributed by atoms with Gasteiger partial charge >= 0.3 is 0 Å². The van der Waals surface area contributed by atoms with Gasteiger partial charge in [0.05, 0.1) is 5.75 Å². The lowest BCUT2D eigenvalue weighted by atomic mass is 10.1. The van der Waals surface area contributed by atoms with Crippen LogP contribution in [0.15, 0.2) is 23.4 Å². The van der Waals surface area contributed by atoms with Gasteiger partial charge in [-0.15, -0.1) is 0 Å². The summed E-state index contributed by atoms with van der Waals surface area (Å²) in [5.74, 6) is -0.494. The average Bonchev–Trinajstić information content (AvgIpc) is 2.36. The van der Waals surface area contributed by atoms with E-state index in [1.54, 1.807) is 6.07 Å². The number of nitrogens with two attached hydrogens (primary N) is 1. The largest absolute Gasteiger partial charge is 0.396 e. The van der Waals surface area contributed by atoms with Gasteiger partial charge < -0.3 is 10.8 Å². The topological polar surface area (TPSA) is 110 Å². The number of primary amides is 1. The number of aliphatic hydroxyl groups is 1. The van der Waals surface area contributed by atoms with Crippen LogP contribution in [0.5, 0.6) is 0 Å². The minimum Gasteiger partial charge on any atom is -0.396 e. The molecule has 0 saturated carbocycles. The highest BCUT2D eigenvalue weighted by Gasteiger charge is 2.15. The van der Waals surface area contributed by atoms with Crippen molar-refractivity contribution in [2.24, 2.45) is 5.73 Å². The van der Waals surface area contributed by atoms with Crippen molar-refractivity contribution >= 4 is 15.7 Å². The standard InChI is InChI=1S/C12H18N2O4S/c13-11(16)4-1-3-10-5-6-14-12(9-10)19(17,18)8-2-7-15/h5-6,9,15H,1-4,7-8H2,(H2,13,16). The summed E-state index contributed by atoms with van der Waals surface area (Å²) in [6.45, 7) is -0.169. The Morgan fingerprint density at radius 1 is 1.37 bits per heavy atom. The molecule has 1 aromatic heterocycles. The van der Waals surface area contributed by atoms with Gasteiger partial charge in [0, 0.05) is 19.2 Å². The number of amides is 1. The SMILES string of the molecule is NC(=O)CCCc1ccnc(S(=O)(=O)CCCO)c1. The maximum atomic E-state index is 11.9. The molecule has 6 nitrogen and oxygen atoms in total. The van der Waals surface area contributed by atoms with Gasteiger partial charge in [-0.3, -0.25) is 4.79 Å². The van der Waals surface area contributed by atoms with Crippen molar-refractivity contribution in [2.75, 3.05) is 12.4 Å². The molecule has 0 aliphatic rings. The molecule has 0 spiro atoms. The van der Waals surface area contributed by atoms with E-state index in [9.17, 15) is 13.2 Å². The third kappa shape index (κ3) is 5.35. The van der Waals surface area contributed by atoms with Crippen molar-refractivity contribution in [3.63, 3.8) is 0 Å². The molecular formula is C12H18N2O4S. The molecule has 1 heterocycles. The normalized spacial score (nSPS) is 11.4. The molecule has 0 atom stereocenters. The molecule has 3 N–H and O–H groups in total. The second kappa shape index (κ2) is 7.20. The fraction of sp³-hybridized carbons (Fsp3) is 0.500. The van der Waals surface area contributed by atoms with E-state index >= 15 is 0 Å². The fourth-order valence-electron chi connectivity index (χ4n) is 1.60. The van der Waals surface area contributed by atoms with Crippen molar-refractivity contribution in [3.8, 4) is 0 Å². The Kier molecular flexibility index (Phi) is 5.91. The number of rotatable bonds is 8. The van der Waals surface area contributed by atoms with Gasteiger partial charge in [0.25, 0.3) is 0 Å². The number of sulfone groups is 1. The first-order valence-electron chi connectivity index (χ1n) is 6.02. The van der Waals surface area contributed by atoms with Crippen molar-refractivity contribution in [3.05, 3.63) is 23.9 Å². The average molecular weight is 286 g/mol. The van der Waals surface area contributed by atoms with Gasteiger partial charge in [0.15, 0.2) is 14.9 Å². The van der Waals surface area contributed by atoms with Crippen LogP contribution in [0.2, 0.25) is 0 Å². The summed E-state index contributed by atoms with van der Waals surface area (Å²) in [5, 5.41) is 8.68. The molecule has 0 fully saturated rings. The van der Waals surface area contributed by atoms with Crippen LogP contribution in [-0.4, -0.2) is 36.8 Å². The number of aromatic nitrogens is 1. The molecule has 7 heteroatoms. The Labute approximate surface area is 112 Å². The van der Waals surface area contributed by atoms with E-state index in [0.29, 0.717) is 12.8 Å². The summed E-state index contributed by atoms with van der Waals surface area (Å²) >= 11 is 0. The van der Waals surface area contributed by atoms with E-state index in [2.05, 4.69) is 4.98 Å². The molecule has 0 aliphatic carbocycles. The van der Waals surface area contributed by atoms with E-state index < -0.39 is 9.84 Å². The summed E-state index contributed by atoms with van der Waals surface area (Å²) < 4.78 is 23.8. The highest BCUT2D eigenvalue weighted by Crippen LogP contribution is 2.13. The molecule has 19 heavy (non-hydrogen) atoms. The van der Waals surface area contributed by atoms with Crippen LogP contribution in [0.3, 0.4) is 0 Å². The number of carbonyl (C=O) groups excluding carboxylic acids is 1. The lowest BCUT2D eigenvalue weighted by Crippen LogP contribution is -2.11. The molecule has 0 aliphatic heterocycles. The quantitative estimate of drug-likeness (QED) is 0.701. The maximum absolute atomic E-state index is 11.9. The predicted molar refractivity (Wildman–Crippen MR) is 70.1 cm³/mol. The van der Waals surface area contributed by atoms with Crippen LogP contribution in [-0.2, 0) is 21.1 Å². The van der Waals surface area contributed by atoms with Gasteiger partial charge in [-0.05, 0) is 37.0 Å². The summed E-state index contributed by atoms with van der Waals surface area (Å²) in [4.78, 5) is 14.5. The van der Waals surface area contributed by atoms with Gasteiger partial charge in [-0.25, -0.2) is 13.4 Å². The first-order valence-corrected chi connectivity index (χ1v) is 7.68. The number of hydrogen-bond donors (Lipinski definition) is 2. The Morgan fingerprint density at radius 2 is 2.11 bits per heavy atom. The highest BCUT2D eigenvalue weighted by molar-refractivity contribution is 7.91. The Hall–Kier alpha value is -1.47. The monoisotopic (exact) mass is 286 g/mol. The number of hydrogen-bond acceptors (Lipinski definition) is 5. The third-order valence-corrected chi connectivity index (χ3v) is 4.26. The molecule has 0 aromatic carbocycles. The van der Waals surface area contributed by atoms with E-state index in [4.69, 9.17) is 10.8 Å². The van der Waals surface area contributed by atoms with Crippen LogP contribution < -0.4 is 5.73 Å². The van der Waals surface area contributed by atoms with E-state index in [1.165, 1.54) is 12.3 Å². The zero-order chi connectivity index (χ0) is 14.3. The molecule has 1 amide bonds. The molecule has 106 valence electrons. The van der Waals surface area contributed by atoms with E-state index in [1.807, 2.05) is 0 Å². The second-order valence-electron chi connectivity index (χ2n) is 4.22.